The fraction of sp³-hybridized carbons (Fsp3) is 0. The van der Waals surface area contributed by atoms with Gasteiger partial charge in [0.05, 0.1) is 5.52 Å². The van der Waals surface area contributed by atoms with Crippen molar-refractivity contribution in [3.8, 4) is 0 Å². The first-order chi connectivity index (χ1) is 5.92. The Morgan fingerprint density at radius 1 is 1.42 bits per heavy atom. The zero-order valence-corrected chi connectivity index (χ0v) is 6.62. The number of nitrogens with zero attached hydrogens (tertiary/aromatic N) is 1. The van der Waals surface area contributed by atoms with Gasteiger partial charge in [-0.1, -0.05) is 24.8 Å². The summed E-state index contributed by atoms with van der Waals surface area (Å²) in [6.07, 6.45) is 3.51. The Labute approximate surface area is 71.4 Å². The predicted octanol–water partition coefficient (Wildman–Crippen LogP) is 2.68. The molecule has 57 valence electrons. The molecule has 0 aliphatic rings. The van der Waals surface area contributed by atoms with Gasteiger partial charge >= 0.3 is 0 Å². The van der Waals surface area contributed by atoms with E-state index in [0.29, 0.717) is 0 Å². The predicted molar refractivity (Wildman–Crippen MR) is 50.7 cm³/mol. The summed E-state index contributed by atoms with van der Waals surface area (Å²) in [7, 11) is 0. The molecule has 0 aliphatic carbocycles. The summed E-state index contributed by atoms with van der Waals surface area (Å²) < 4.78 is 0. The van der Waals surface area contributed by atoms with Crippen LogP contribution in [0, 0.1) is 6.07 Å². The molecule has 0 unspecified atom stereocenters. The van der Waals surface area contributed by atoms with Crippen LogP contribution in [0.15, 0.2) is 37.0 Å². The molecule has 0 amide bonds. The number of pyridine rings is 1. The van der Waals surface area contributed by atoms with Gasteiger partial charge in [0.1, 0.15) is 0 Å². The monoisotopic (exact) mass is 154 g/mol. The summed E-state index contributed by atoms with van der Waals surface area (Å²) in [4.78, 5) is 4.19. The number of hydrogen-bond acceptors (Lipinski definition) is 1. The summed E-state index contributed by atoms with van der Waals surface area (Å²) in [5, 5.41) is 1.11. The van der Waals surface area contributed by atoms with Crippen LogP contribution in [-0.2, 0) is 0 Å². The first-order valence-corrected chi connectivity index (χ1v) is 3.79. The van der Waals surface area contributed by atoms with Crippen LogP contribution in [0.3, 0.4) is 0 Å². The normalized spacial score (nSPS) is 10.0. The van der Waals surface area contributed by atoms with Gasteiger partial charge in [-0.05, 0) is 17.7 Å². The van der Waals surface area contributed by atoms with Gasteiger partial charge in [-0.2, -0.15) is 0 Å². The molecule has 12 heavy (non-hydrogen) atoms. The van der Waals surface area contributed by atoms with E-state index in [-0.39, 0.29) is 0 Å². The topological polar surface area (TPSA) is 12.9 Å². The number of fused-ring (bicyclic) bond motifs is 1. The van der Waals surface area contributed by atoms with Gasteiger partial charge < -0.3 is 0 Å². The lowest BCUT2D eigenvalue weighted by Crippen LogP contribution is -1.80. The molecule has 1 heteroatoms. The third-order valence-corrected chi connectivity index (χ3v) is 1.84. The van der Waals surface area contributed by atoms with E-state index in [2.05, 4.69) is 17.6 Å². The average Bonchev–Trinajstić information content (AvgIpc) is 2.17. The van der Waals surface area contributed by atoms with Crippen molar-refractivity contribution in [2.75, 3.05) is 0 Å². The fourth-order valence-corrected chi connectivity index (χ4v) is 1.25. The van der Waals surface area contributed by atoms with Crippen LogP contribution in [0.2, 0.25) is 0 Å². The minimum Gasteiger partial charge on any atom is -0.256 e. The third-order valence-electron chi connectivity index (χ3n) is 1.84. The van der Waals surface area contributed by atoms with Crippen molar-refractivity contribution in [2.24, 2.45) is 0 Å². The molecular weight excluding hydrogens is 146 g/mol. The lowest BCUT2D eigenvalue weighted by atomic mass is 10.1. The van der Waals surface area contributed by atoms with E-state index in [1.54, 1.807) is 6.20 Å². The number of aromatic nitrogens is 1. The first-order valence-electron chi connectivity index (χ1n) is 3.79. The lowest BCUT2D eigenvalue weighted by Gasteiger charge is -1.98. The molecule has 0 spiro atoms. The highest BCUT2D eigenvalue weighted by molar-refractivity contribution is 5.87. The molecule has 1 aromatic heterocycles. The lowest BCUT2D eigenvalue weighted by molar-refractivity contribution is 1.40. The minimum atomic E-state index is 0.992. The van der Waals surface area contributed by atoms with Gasteiger partial charge in [0.15, 0.2) is 0 Å². The molecule has 1 radical (unpaired) electrons. The summed E-state index contributed by atoms with van der Waals surface area (Å²) in [6.45, 7) is 3.74. The molecular formula is C11H8N. The molecule has 0 bridgehead atoms. The van der Waals surface area contributed by atoms with Crippen molar-refractivity contribution in [2.45, 2.75) is 0 Å². The molecule has 2 rings (SSSR count). The maximum atomic E-state index is 4.19. The largest absolute Gasteiger partial charge is 0.256 e. The van der Waals surface area contributed by atoms with Gasteiger partial charge in [-0.3, -0.25) is 4.98 Å². The van der Waals surface area contributed by atoms with Gasteiger partial charge in [-0.25, -0.2) is 0 Å². The Morgan fingerprint density at radius 2 is 2.33 bits per heavy atom. The Balaban J connectivity index is 2.88. The second kappa shape index (κ2) is 2.78. The van der Waals surface area contributed by atoms with E-state index < -0.39 is 0 Å². The van der Waals surface area contributed by atoms with Crippen molar-refractivity contribution in [3.63, 3.8) is 0 Å². The molecule has 2 aromatic rings. The SMILES string of the molecule is C=Cc1cccc2nc[c]cc12. The molecule has 0 saturated carbocycles. The molecule has 0 fully saturated rings. The number of benzene rings is 1. The maximum Gasteiger partial charge on any atom is 0.0708 e. The molecule has 0 saturated heterocycles. The van der Waals surface area contributed by atoms with E-state index in [9.17, 15) is 0 Å². The van der Waals surface area contributed by atoms with Crippen molar-refractivity contribution < 1.29 is 0 Å². The molecule has 0 N–H and O–H groups in total. The number of rotatable bonds is 1. The van der Waals surface area contributed by atoms with E-state index >= 15 is 0 Å². The Hall–Kier alpha value is -1.63. The van der Waals surface area contributed by atoms with Gasteiger partial charge in [0.2, 0.25) is 0 Å². The minimum absolute atomic E-state index is 0.992. The molecule has 0 aliphatic heterocycles. The van der Waals surface area contributed by atoms with Crippen LogP contribution in [0.4, 0.5) is 0 Å². The standard InChI is InChI=1S/C11H8N/c1-2-9-5-3-7-11-10(9)6-4-8-12-11/h2-3,5-8H,1H2. The summed E-state index contributed by atoms with van der Waals surface area (Å²) >= 11 is 0. The molecule has 0 atom stereocenters. The fourth-order valence-electron chi connectivity index (χ4n) is 1.25. The smallest absolute Gasteiger partial charge is 0.0708 e. The zero-order chi connectivity index (χ0) is 8.39. The highest BCUT2D eigenvalue weighted by Gasteiger charge is 1.95. The average molecular weight is 154 g/mol. The summed E-state index contributed by atoms with van der Waals surface area (Å²) in [6, 6.07) is 10.9. The van der Waals surface area contributed by atoms with Crippen molar-refractivity contribution in [1.29, 1.82) is 0 Å². The van der Waals surface area contributed by atoms with Gasteiger partial charge in [0, 0.05) is 17.6 Å². The highest BCUT2D eigenvalue weighted by atomic mass is 14.6. The zero-order valence-electron chi connectivity index (χ0n) is 6.62. The second-order valence-electron chi connectivity index (χ2n) is 2.55. The summed E-state index contributed by atoms with van der Waals surface area (Å²) in [5.41, 5.74) is 2.10. The van der Waals surface area contributed by atoms with Crippen LogP contribution in [0.5, 0.6) is 0 Å². The molecule has 1 heterocycles. The Bertz CT molecular complexity index is 413. The van der Waals surface area contributed by atoms with Crippen molar-refractivity contribution in [1.82, 2.24) is 4.98 Å². The first kappa shape index (κ1) is 7.04. The molecule has 1 nitrogen and oxygen atoms in total. The second-order valence-corrected chi connectivity index (χ2v) is 2.55. The van der Waals surface area contributed by atoms with Crippen molar-refractivity contribution >= 4 is 17.0 Å². The van der Waals surface area contributed by atoms with E-state index in [1.165, 1.54) is 0 Å². The quantitative estimate of drug-likeness (QED) is 0.615. The van der Waals surface area contributed by atoms with Gasteiger partial charge in [0.25, 0.3) is 0 Å². The van der Waals surface area contributed by atoms with Crippen molar-refractivity contribution in [3.05, 3.63) is 48.7 Å². The molecule has 1 aromatic carbocycles. The Morgan fingerprint density at radius 3 is 3.17 bits per heavy atom. The third kappa shape index (κ3) is 0.996. The number of hydrogen-bond donors (Lipinski definition) is 0. The van der Waals surface area contributed by atoms with Crippen LogP contribution in [-0.4, -0.2) is 4.98 Å². The van der Waals surface area contributed by atoms with Gasteiger partial charge in [-0.15, -0.1) is 0 Å². The Kier molecular flexibility index (Phi) is 1.63. The van der Waals surface area contributed by atoms with E-state index in [1.807, 2.05) is 30.3 Å². The highest BCUT2D eigenvalue weighted by Crippen LogP contribution is 2.16. The van der Waals surface area contributed by atoms with E-state index in [4.69, 9.17) is 0 Å². The van der Waals surface area contributed by atoms with Crippen LogP contribution in [0.25, 0.3) is 17.0 Å². The summed E-state index contributed by atoms with van der Waals surface area (Å²) in [5.74, 6) is 0. The van der Waals surface area contributed by atoms with Crippen LogP contribution >= 0.6 is 0 Å². The van der Waals surface area contributed by atoms with Crippen LogP contribution < -0.4 is 0 Å². The maximum absolute atomic E-state index is 4.19. The van der Waals surface area contributed by atoms with Crippen LogP contribution in [0.1, 0.15) is 5.56 Å². The van der Waals surface area contributed by atoms with E-state index in [0.717, 1.165) is 16.5 Å².